The van der Waals surface area contributed by atoms with Crippen LogP contribution in [-0.4, -0.2) is 64.1 Å². The molecule has 4 heterocycles. The molecule has 9 nitrogen and oxygen atoms in total. The second-order valence-electron chi connectivity index (χ2n) is 7.76. The molecule has 3 aromatic rings. The molecule has 0 saturated carbocycles. The van der Waals surface area contributed by atoms with Gasteiger partial charge in [-0.25, -0.2) is 4.98 Å². The van der Waals surface area contributed by atoms with Gasteiger partial charge in [-0.05, 0) is 18.2 Å². The van der Waals surface area contributed by atoms with Crippen molar-refractivity contribution in [2.45, 2.75) is 26.1 Å². The second-order valence-corrected chi connectivity index (χ2v) is 7.76. The monoisotopic (exact) mass is 411 g/mol. The molecular weight excluding hydrogens is 386 g/mol. The number of rotatable bonds is 5. The summed E-state index contributed by atoms with van der Waals surface area (Å²) in [5.74, 6) is 0.969. The molecule has 1 aromatic carbocycles. The van der Waals surface area contributed by atoms with Crippen molar-refractivity contribution in [3.05, 3.63) is 51.9 Å². The van der Waals surface area contributed by atoms with Gasteiger partial charge >= 0.3 is 0 Å². The SMILES string of the molecule is O=c1c2ccc(N3CCN(Cc4noc5c4COCC5)CC3)cc2ncn1CCO. The third kappa shape index (κ3) is 3.60. The van der Waals surface area contributed by atoms with Crippen molar-refractivity contribution in [3.63, 3.8) is 0 Å². The number of nitrogens with zero attached hydrogens (tertiary/aromatic N) is 5. The lowest BCUT2D eigenvalue weighted by Crippen LogP contribution is -2.46. The molecule has 158 valence electrons. The molecule has 0 radical (unpaired) electrons. The average Bonchev–Trinajstić information content (AvgIpc) is 3.19. The molecule has 5 rings (SSSR count). The van der Waals surface area contributed by atoms with Gasteiger partial charge in [0.1, 0.15) is 11.5 Å². The van der Waals surface area contributed by atoms with Gasteiger partial charge in [-0.15, -0.1) is 0 Å². The lowest BCUT2D eigenvalue weighted by molar-refractivity contribution is 0.102. The summed E-state index contributed by atoms with van der Waals surface area (Å²) in [4.78, 5) is 21.6. The standard InChI is InChI=1S/C21H25N5O4/c27-9-8-26-14-22-18-11-15(1-2-16(18)21(26)28)25-6-4-24(5-7-25)12-19-17-13-29-10-3-20(17)30-23-19/h1-2,11,14,27H,3-10,12-13H2. The zero-order valence-corrected chi connectivity index (χ0v) is 16.8. The van der Waals surface area contributed by atoms with Crippen LogP contribution < -0.4 is 10.5 Å². The van der Waals surface area contributed by atoms with Crippen molar-refractivity contribution < 1.29 is 14.4 Å². The maximum Gasteiger partial charge on any atom is 0.261 e. The van der Waals surface area contributed by atoms with Gasteiger partial charge in [0.2, 0.25) is 0 Å². The fourth-order valence-corrected chi connectivity index (χ4v) is 4.19. The van der Waals surface area contributed by atoms with E-state index in [1.165, 1.54) is 10.9 Å². The van der Waals surface area contributed by atoms with Crippen LogP contribution in [0.1, 0.15) is 17.0 Å². The van der Waals surface area contributed by atoms with E-state index in [0.717, 1.165) is 61.8 Å². The lowest BCUT2D eigenvalue weighted by Gasteiger charge is -2.36. The van der Waals surface area contributed by atoms with Crippen LogP contribution in [0.2, 0.25) is 0 Å². The normalized spacial score (nSPS) is 17.4. The Morgan fingerprint density at radius 3 is 2.87 bits per heavy atom. The predicted octanol–water partition coefficient (Wildman–Crippen LogP) is 0.772. The van der Waals surface area contributed by atoms with Crippen molar-refractivity contribution in [1.82, 2.24) is 19.6 Å². The van der Waals surface area contributed by atoms with E-state index in [9.17, 15) is 4.79 Å². The quantitative estimate of drug-likeness (QED) is 0.658. The third-order valence-corrected chi connectivity index (χ3v) is 5.93. The molecule has 0 unspecified atom stereocenters. The summed E-state index contributed by atoms with van der Waals surface area (Å²) in [7, 11) is 0. The summed E-state index contributed by atoms with van der Waals surface area (Å²) >= 11 is 0. The Labute approximate surface area is 173 Å². The Hall–Kier alpha value is -2.75. The van der Waals surface area contributed by atoms with Gasteiger partial charge in [-0.1, -0.05) is 5.16 Å². The van der Waals surface area contributed by atoms with Gasteiger partial charge < -0.3 is 19.3 Å². The topological polar surface area (TPSA) is 96.9 Å². The van der Waals surface area contributed by atoms with Gasteiger partial charge in [0.15, 0.2) is 0 Å². The van der Waals surface area contributed by atoms with Crippen LogP contribution in [-0.2, 0) is 30.9 Å². The Balaban J connectivity index is 1.26. The largest absolute Gasteiger partial charge is 0.395 e. The van der Waals surface area contributed by atoms with Crippen LogP contribution in [0.4, 0.5) is 5.69 Å². The number of benzene rings is 1. The molecule has 0 bridgehead atoms. The average molecular weight is 411 g/mol. The number of anilines is 1. The Morgan fingerprint density at radius 1 is 1.17 bits per heavy atom. The van der Waals surface area contributed by atoms with Crippen molar-refractivity contribution in [1.29, 1.82) is 0 Å². The first-order valence-corrected chi connectivity index (χ1v) is 10.3. The first-order valence-electron chi connectivity index (χ1n) is 10.3. The smallest absolute Gasteiger partial charge is 0.261 e. The number of aromatic nitrogens is 3. The molecule has 1 saturated heterocycles. The van der Waals surface area contributed by atoms with Gasteiger partial charge in [0, 0.05) is 50.4 Å². The maximum atomic E-state index is 12.5. The molecule has 0 amide bonds. The summed E-state index contributed by atoms with van der Waals surface area (Å²) in [6.45, 7) is 5.88. The Morgan fingerprint density at radius 2 is 2.03 bits per heavy atom. The molecule has 0 atom stereocenters. The van der Waals surface area contributed by atoms with Crippen molar-refractivity contribution in [2.75, 3.05) is 44.3 Å². The zero-order chi connectivity index (χ0) is 20.5. The first-order chi connectivity index (χ1) is 14.7. The highest BCUT2D eigenvalue weighted by atomic mass is 16.5. The third-order valence-electron chi connectivity index (χ3n) is 5.93. The minimum atomic E-state index is -0.120. The highest BCUT2D eigenvalue weighted by Gasteiger charge is 2.24. The predicted molar refractivity (Wildman–Crippen MR) is 110 cm³/mol. The van der Waals surface area contributed by atoms with Crippen molar-refractivity contribution in [3.8, 4) is 0 Å². The number of hydrogen-bond acceptors (Lipinski definition) is 8. The summed E-state index contributed by atoms with van der Waals surface area (Å²) < 4.78 is 12.5. The van der Waals surface area contributed by atoms with Crippen LogP contribution in [0.3, 0.4) is 0 Å². The molecule has 1 fully saturated rings. The summed E-state index contributed by atoms with van der Waals surface area (Å²) in [6, 6.07) is 5.79. The van der Waals surface area contributed by atoms with E-state index in [0.29, 0.717) is 24.1 Å². The molecule has 2 aliphatic heterocycles. The van der Waals surface area contributed by atoms with Crippen LogP contribution in [0.25, 0.3) is 10.9 Å². The van der Waals surface area contributed by atoms with E-state index in [1.807, 2.05) is 18.2 Å². The second kappa shape index (κ2) is 8.17. The Bertz CT molecular complexity index is 1100. The minimum Gasteiger partial charge on any atom is -0.395 e. The number of fused-ring (bicyclic) bond motifs is 2. The minimum absolute atomic E-state index is 0.0837. The molecule has 9 heteroatoms. The van der Waals surface area contributed by atoms with Crippen LogP contribution >= 0.6 is 0 Å². The number of piperazine rings is 1. The number of ether oxygens (including phenoxy) is 1. The molecule has 0 spiro atoms. The Kier molecular flexibility index (Phi) is 5.24. The highest BCUT2D eigenvalue weighted by molar-refractivity contribution is 5.81. The molecule has 1 N–H and O–H groups in total. The molecule has 30 heavy (non-hydrogen) atoms. The number of aliphatic hydroxyl groups is 1. The summed E-state index contributed by atoms with van der Waals surface area (Å²) in [6.07, 6.45) is 2.31. The fourth-order valence-electron chi connectivity index (χ4n) is 4.19. The zero-order valence-electron chi connectivity index (χ0n) is 16.8. The van der Waals surface area contributed by atoms with E-state index >= 15 is 0 Å². The fraction of sp³-hybridized carbons (Fsp3) is 0.476. The van der Waals surface area contributed by atoms with E-state index in [1.54, 1.807) is 0 Å². The summed E-state index contributed by atoms with van der Waals surface area (Å²) in [5.41, 5.74) is 3.75. The summed E-state index contributed by atoms with van der Waals surface area (Å²) in [5, 5.41) is 13.9. The highest BCUT2D eigenvalue weighted by Crippen LogP contribution is 2.24. The van der Waals surface area contributed by atoms with Crippen molar-refractivity contribution in [2.24, 2.45) is 0 Å². The number of hydrogen-bond donors (Lipinski definition) is 1. The number of aliphatic hydroxyl groups excluding tert-OH is 1. The van der Waals surface area contributed by atoms with E-state index in [-0.39, 0.29) is 18.7 Å². The first kappa shape index (κ1) is 19.2. The van der Waals surface area contributed by atoms with Crippen LogP contribution in [0.5, 0.6) is 0 Å². The lowest BCUT2D eigenvalue weighted by atomic mass is 10.1. The van der Waals surface area contributed by atoms with E-state index in [2.05, 4.69) is 19.9 Å². The van der Waals surface area contributed by atoms with Crippen LogP contribution in [0.15, 0.2) is 33.8 Å². The maximum absolute atomic E-state index is 12.5. The van der Waals surface area contributed by atoms with Gasteiger partial charge in [-0.3, -0.25) is 14.3 Å². The van der Waals surface area contributed by atoms with Gasteiger partial charge in [-0.2, -0.15) is 0 Å². The molecular formula is C21H25N5O4. The molecule has 2 aliphatic rings. The molecule has 2 aromatic heterocycles. The van der Waals surface area contributed by atoms with Crippen LogP contribution in [0, 0.1) is 0 Å². The van der Waals surface area contributed by atoms with Gasteiger partial charge in [0.05, 0.1) is 43.6 Å². The van der Waals surface area contributed by atoms with E-state index < -0.39 is 0 Å². The molecule has 0 aliphatic carbocycles. The van der Waals surface area contributed by atoms with E-state index in [4.69, 9.17) is 14.4 Å². The van der Waals surface area contributed by atoms with Crippen molar-refractivity contribution >= 4 is 16.6 Å². The van der Waals surface area contributed by atoms with Gasteiger partial charge in [0.25, 0.3) is 5.56 Å².